The van der Waals surface area contributed by atoms with Gasteiger partial charge >= 0.3 is 0 Å². The normalized spacial score (nSPS) is 13.3. The molecular formula is C10H20O. The van der Waals surface area contributed by atoms with E-state index >= 15 is 0 Å². The molecule has 1 rings (SSSR count). The molecule has 0 aromatic rings. The van der Waals surface area contributed by atoms with Crippen molar-refractivity contribution in [3.8, 4) is 0 Å². The molecule has 0 aromatic carbocycles. The van der Waals surface area contributed by atoms with Crippen molar-refractivity contribution in [3.05, 3.63) is 24.0 Å². The SMILES string of the molecule is CC.CC.OC1=CC=CCC1. The fourth-order valence-electron chi connectivity index (χ4n) is 0.590. The molecule has 0 saturated carbocycles. The van der Waals surface area contributed by atoms with Gasteiger partial charge < -0.3 is 5.11 Å². The molecule has 1 N–H and O–H groups in total. The molecule has 0 aliphatic heterocycles. The van der Waals surface area contributed by atoms with E-state index in [1.807, 2.05) is 39.8 Å². The van der Waals surface area contributed by atoms with E-state index in [0.717, 1.165) is 12.8 Å². The van der Waals surface area contributed by atoms with Gasteiger partial charge in [-0.3, -0.25) is 0 Å². The zero-order chi connectivity index (χ0) is 9.11. The summed E-state index contributed by atoms with van der Waals surface area (Å²) in [5.41, 5.74) is 0. The molecule has 0 heterocycles. The van der Waals surface area contributed by atoms with Crippen LogP contribution in [0.5, 0.6) is 0 Å². The van der Waals surface area contributed by atoms with Gasteiger partial charge in [0.05, 0.1) is 5.76 Å². The van der Waals surface area contributed by atoms with E-state index < -0.39 is 0 Å². The first-order chi connectivity index (χ1) is 5.39. The third-order valence-electron chi connectivity index (χ3n) is 0.992. The number of rotatable bonds is 0. The summed E-state index contributed by atoms with van der Waals surface area (Å²) in [6.07, 6.45) is 7.45. The van der Waals surface area contributed by atoms with E-state index in [1.165, 1.54) is 0 Å². The van der Waals surface area contributed by atoms with Crippen LogP contribution in [0.1, 0.15) is 40.5 Å². The van der Waals surface area contributed by atoms with E-state index in [4.69, 9.17) is 5.11 Å². The predicted octanol–water partition coefficient (Wildman–Crippen LogP) is 3.83. The van der Waals surface area contributed by atoms with Crippen molar-refractivity contribution in [3.63, 3.8) is 0 Å². The highest BCUT2D eigenvalue weighted by Crippen LogP contribution is 2.06. The average molecular weight is 156 g/mol. The minimum absolute atomic E-state index is 0.502. The molecule has 66 valence electrons. The first-order valence-electron chi connectivity index (χ1n) is 4.44. The summed E-state index contributed by atoms with van der Waals surface area (Å²) in [4.78, 5) is 0. The largest absolute Gasteiger partial charge is 0.512 e. The first kappa shape index (κ1) is 12.9. The highest BCUT2D eigenvalue weighted by molar-refractivity contribution is 5.11. The average Bonchev–Trinajstić information content (AvgIpc) is 2.13. The number of hydrogen-bond donors (Lipinski definition) is 1. The Labute approximate surface area is 70.4 Å². The Morgan fingerprint density at radius 3 is 1.91 bits per heavy atom. The molecule has 0 bridgehead atoms. The van der Waals surface area contributed by atoms with Gasteiger partial charge in [0.15, 0.2) is 0 Å². The predicted molar refractivity (Wildman–Crippen MR) is 51.8 cm³/mol. The van der Waals surface area contributed by atoms with Gasteiger partial charge in [-0.15, -0.1) is 0 Å². The van der Waals surface area contributed by atoms with Crippen LogP contribution in [-0.2, 0) is 0 Å². The summed E-state index contributed by atoms with van der Waals surface area (Å²) in [7, 11) is 0. The number of aliphatic hydroxyl groups is 1. The topological polar surface area (TPSA) is 20.2 Å². The maximum Gasteiger partial charge on any atom is 0.0925 e. The summed E-state index contributed by atoms with van der Waals surface area (Å²) < 4.78 is 0. The van der Waals surface area contributed by atoms with Crippen LogP contribution in [0.4, 0.5) is 0 Å². The molecule has 11 heavy (non-hydrogen) atoms. The molecule has 0 aromatic heterocycles. The third-order valence-corrected chi connectivity index (χ3v) is 0.992. The Morgan fingerprint density at radius 2 is 1.73 bits per heavy atom. The quantitative estimate of drug-likeness (QED) is 0.565. The lowest BCUT2D eigenvalue weighted by atomic mass is 10.2. The second-order valence-electron chi connectivity index (χ2n) is 1.62. The minimum atomic E-state index is 0.502. The summed E-state index contributed by atoms with van der Waals surface area (Å²) in [5, 5.41) is 8.72. The van der Waals surface area contributed by atoms with E-state index in [2.05, 4.69) is 0 Å². The fraction of sp³-hybridized carbons (Fsp3) is 0.600. The van der Waals surface area contributed by atoms with Crippen LogP contribution in [0.3, 0.4) is 0 Å². The summed E-state index contributed by atoms with van der Waals surface area (Å²) >= 11 is 0. The van der Waals surface area contributed by atoms with Crippen molar-refractivity contribution in [2.45, 2.75) is 40.5 Å². The van der Waals surface area contributed by atoms with Gasteiger partial charge in [-0.25, -0.2) is 0 Å². The summed E-state index contributed by atoms with van der Waals surface area (Å²) in [6, 6.07) is 0. The van der Waals surface area contributed by atoms with Gasteiger partial charge in [-0.05, 0) is 12.5 Å². The molecule has 1 nitrogen and oxygen atoms in total. The molecule has 0 atom stereocenters. The molecule has 0 saturated heterocycles. The minimum Gasteiger partial charge on any atom is -0.512 e. The number of aliphatic hydroxyl groups excluding tert-OH is 1. The van der Waals surface area contributed by atoms with Crippen LogP contribution in [0.15, 0.2) is 24.0 Å². The van der Waals surface area contributed by atoms with Crippen molar-refractivity contribution in [2.24, 2.45) is 0 Å². The molecule has 0 fully saturated rings. The Morgan fingerprint density at radius 1 is 1.18 bits per heavy atom. The van der Waals surface area contributed by atoms with Crippen LogP contribution < -0.4 is 0 Å². The second-order valence-corrected chi connectivity index (χ2v) is 1.62. The van der Waals surface area contributed by atoms with E-state index in [1.54, 1.807) is 6.08 Å². The number of hydrogen-bond acceptors (Lipinski definition) is 1. The van der Waals surface area contributed by atoms with Crippen LogP contribution in [0.2, 0.25) is 0 Å². The lowest BCUT2D eigenvalue weighted by molar-refractivity contribution is 0.387. The Balaban J connectivity index is 0. The van der Waals surface area contributed by atoms with E-state index in [0.29, 0.717) is 5.76 Å². The Hall–Kier alpha value is -0.720. The maximum absolute atomic E-state index is 8.72. The van der Waals surface area contributed by atoms with Gasteiger partial charge in [0.25, 0.3) is 0 Å². The number of allylic oxidation sites excluding steroid dienone is 4. The van der Waals surface area contributed by atoms with Crippen molar-refractivity contribution in [2.75, 3.05) is 0 Å². The molecule has 1 aliphatic rings. The standard InChI is InChI=1S/C6H8O.2C2H6/c7-6-4-2-1-3-5-6;2*1-2/h1-2,4,7H,3,5H2;2*1-2H3. The van der Waals surface area contributed by atoms with Gasteiger partial charge in [-0.2, -0.15) is 0 Å². The van der Waals surface area contributed by atoms with Gasteiger partial charge in [0, 0.05) is 6.42 Å². The van der Waals surface area contributed by atoms with Gasteiger partial charge in [0.2, 0.25) is 0 Å². The third kappa shape index (κ3) is 9.28. The maximum atomic E-state index is 8.72. The smallest absolute Gasteiger partial charge is 0.0925 e. The van der Waals surface area contributed by atoms with Crippen LogP contribution in [0, 0.1) is 0 Å². The molecule has 1 heteroatoms. The highest BCUT2D eigenvalue weighted by Gasteiger charge is 1.91. The highest BCUT2D eigenvalue weighted by atomic mass is 16.3. The molecule has 0 unspecified atom stereocenters. The van der Waals surface area contributed by atoms with Crippen molar-refractivity contribution in [1.29, 1.82) is 0 Å². The lowest BCUT2D eigenvalue weighted by Gasteiger charge is -1.97. The summed E-state index contributed by atoms with van der Waals surface area (Å²) in [5.74, 6) is 0.502. The second kappa shape index (κ2) is 12.0. The summed E-state index contributed by atoms with van der Waals surface area (Å²) in [6.45, 7) is 8.00. The lowest BCUT2D eigenvalue weighted by Crippen LogP contribution is -1.82. The Bertz CT molecular complexity index is 112. The van der Waals surface area contributed by atoms with Gasteiger partial charge in [0.1, 0.15) is 0 Å². The first-order valence-corrected chi connectivity index (χ1v) is 4.44. The van der Waals surface area contributed by atoms with Crippen LogP contribution in [-0.4, -0.2) is 5.11 Å². The zero-order valence-electron chi connectivity index (χ0n) is 8.09. The van der Waals surface area contributed by atoms with Crippen LogP contribution >= 0.6 is 0 Å². The van der Waals surface area contributed by atoms with Crippen molar-refractivity contribution in [1.82, 2.24) is 0 Å². The van der Waals surface area contributed by atoms with Crippen molar-refractivity contribution >= 4 is 0 Å². The molecule has 0 radical (unpaired) electrons. The Kier molecular flexibility index (Phi) is 14.1. The molecule has 1 aliphatic carbocycles. The van der Waals surface area contributed by atoms with Crippen molar-refractivity contribution < 1.29 is 5.11 Å². The zero-order valence-corrected chi connectivity index (χ0v) is 8.09. The molecular weight excluding hydrogens is 136 g/mol. The monoisotopic (exact) mass is 156 g/mol. The van der Waals surface area contributed by atoms with E-state index in [9.17, 15) is 0 Å². The van der Waals surface area contributed by atoms with Crippen LogP contribution in [0.25, 0.3) is 0 Å². The van der Waals surface area contributed by atoms with Gasteiger partial charge in [-0.1, -0.05) is 39.8 Å². The van der Waals surface area contributed by atoms with E-state index in [-0.39, 0.29) is 0 Å². The molecule has 0 amide bonds. The molecule has 0 spiro atoms. The fourth-order valence-corrected chi connectivity index (χ4v) is 0.590.